The summed E-state index contributed by atoms with van der Waals surface area (Å²) in [4.78, 5) is 12.4. The Balaban J connectivity index is 2.21. The molecule has 0 saturated heterocycles. The second-order valence-corrected chi connectivity index (χ2v) is 5.57. The van der Waals surface area contributed by atoms with Crippen LogP contribution >= 0.6 is 11.6 Å². The van der Waals surface area contributed by atoms with Gasteiger partial charge in [0.2, 0.25) is 5.91 Å². The van der Waals surface area contributed by atoms with E-state index < -0.39 is 6.04 Å². The van der Waals surface area contributed by atoms with Gasteiger partial charge in [0, 0.05) is 10.7 Å². The molecular formula is C15H19ClN4O. The van der Waals surface area contributed by atoms with E-state index in [0.29, 0.717) is 16.4 Å². The molecule has 1 aromatic heterocycles. The number of rotatable bonds is 3. The lowest BCUT2D eigenvalue weighted by atomic mass is 10.2. The van der Waals surface area contributed by atoms with Crippen LogP contribution in [-0.4, -0.2) is 15.7 Å². The molecule has 21 heavy (non-hydrogen) atoms. The highest BCUT2D eigenvalue weighted by Gasteiger charge is 2.20. The Labute approximate surface area is 129 Å². The third-order valence-corrected chi connectivity index (χ3v) is 3.94. The quantitative estimate of drug-likeness (QED) is 0.855. The van der Waals surface area contributed by atoms with Crippen LogP contribution in [0.25, 0.3) is 0 Å². The third kappa shape index (κ3) is 3.03. The van der Waals surface area contributed by atoms with E-state index in [2.05, 4.69) is 10.4 Å². The summed E-state index contributed by atoms with van der Waals surface area (Å²) in [6, 6.07) is 4.56. The van der Waals surface area contributed by atoms with Crippen LogP contribution in [-0.2, 0) is 4.79 Å². The summed E-state index contributed by atoms with van der Waals surface area (Å²) in [5, 5.41) is 7.76. The van der Waals surface area contributed by atoms with E-state index in [-0.39, 0.29) is 5.91 Å². The van der Waals surface area contributed by atoms with Gasteiger partial charge in [0.15, 0.2) is 0 Å². The second-order valence-electron chi connectivity index (χ2n) is 5.14. The SMILES string of the molecule is Cc1nn(C(C)C(=O)Nc2ccc(Cl)cc2N)c(C)c1C. The van der Waals surface area contributed by atoms with Crippen molar-refractivity contribution in [1.82, 2.24) is 9.78 Å². The van der Waals surface area contributed by atoms with Gasteiger partial charge in [-0.2, -0.15) is 5.10 Å². The smallest absolute Gasteiger partial charge is 0.249 e. The molecule has 1 amide bonds. The van der Waals surface area contributed by atoms with Crippen LogP contribution in [0.2, 0.25) is 5.02 Å². The van der Waals surface area contributed by atoms with Crippen LogP contribution in [0.4, 0.5) is 11.4 Å². The highest BCUT2D eigenvalue weighted by atomic mass is 35.5. The number of carbonyl (C=O) groups excluding carboxylic acids is 1. The van der Waals surface area contributed by atoms with Crippen molar-refractivity contribution in [2.45, 2.75) is 33.7 Å². The van der Waals surface area contributed by atoms with Gasteiger partial charge in [-0.3, -0.25) is 9.48 Å². The first-order valence-electron chi connectivity index (χ1n) is 6.69. The number of amides is 1. The minimum absolute atomic E-state index is 0.172. The van der Waals surface area contributed by atoms with Crippen LogP contribution in [0, 0.1) is 20.8 Å². The van der Waals surface area contributed by atoms with Crippen molar-refractivity contribution in [2.24, 2.45) is 0 Å². The van der Waals surface area contributed by atoms with E-state index in [1.54, 1.807) is 29.8 Å². The number of nitrogens with two attached hydrogens (primary N) is 1. The van der Waals surface area contributed by atoms with Crippen LogP contribution in [0.1, 0.15) is 29.9 Å². The van der Waals surface area contributed by atoms with E-state index >= 15 is 0 Å². The maximum atomic E-state index is 12.4. The van der Waals surface area contributed by atoms with Crippen molar-refractivity contribution in [3.8, 4) is 0 Å². The summed E-state index contributed by atoms with van der Waals surface area (Å²) in [5.41, 5.74) is 9.85. The fraction of sp³-hybridized carbons (Fsp3) is 0.333. The minimum Gasteiger partial charge on any atom is -0.397 e. The van der Waals surface area contributed by atoms with Gasteiger partial charge < -0.3 is 11.1 Å². The Morgan fingerprint density at radius 2 is 2.05 bits per heavy atom. The zero-order chi connectivity index (χ0) is 15.7. The molecule has 2 rings (SSSR count). The number of aryl methyl sites for hydroxylation is 1. The highest BCUT2D eigenvalue weighted by molar-refractivity contribution is 6.31. The molecule has 1 atom stereocenters. The van der Waals surface area contributed by atoms with Gasteiger partial charge in [-0.25, -0.2) is 0 Å². The molecule has 0 aliphatic rings. The van der Waals surface area contributed by atoms with Crippen molar-refractivity contribution in [1.29, 1.82) is 0 Å². The molecular weight excluding hydrogens is 288 g/mol. The molecule has 0 spiro atoms. The Kier molecular flexibility index (Phi) is 4.23. The molecule has 1 heterocycles. The highest BCUT2D eigenvalue weighted by Crippen LogP contribution is 2.24. The Bertz CT molecular complexity index is 693. The fourth-order valence-corrected chi connectivity index (χ4v) is 2.30. The number of hydrogen-bond donors (Lipinski definition) is 2. The average Bonchev–Trinajstić information content (AvgIpc) is 2.68. The lowest BCUT2D eigenvalue weighted by Crippen LogP contribution is -2.25. The van der Waals surface area contributed by atoms with E-state index in [9.17, 15) is 4.79 Å². The predicted octanol–water partition coefficient (Wildman–Crippen LogP) is 3.24. The molecule has 3 N–H and O–H groups in total. The number of nitrogen functional groups attached to an aromatic ring is 1. The van der Waals surface area contributed by atoms with Gasteiger partial charge in [0.1, 0.15) is 6.04 Å². The number of nitrogens with one attached hydrogen (secondary N) is 1. The predicted molar refractivity (Wildman–Crippen MR) is 85.6 cm³/mol. The number of carbonyl (C=O) groups is 1. The summed E-state index contributed by atoms with van der Waals surface area (Å²) in [7, 11) is 0. The average molecular weight is 307 g/mol. The lowest BCUT2D eigenvalue weighted by Gasteiger charge is -2.15. The molecule has 0 saturated carbocycles. The summed E-state index contributed by atoms with van der Waals surface area (Å²) in [6.07, 6.45) is 0. The Morgan fingerprint density at radius 3 is 2.57 bits per heavy atom. The molecule has 0 aliphatic heterocycles. The van der Waals surface area contributed by atoms with Crippen molar-refractivity contribution in [2.75, 3.05) is 11.1 Å². The number of nitrogens with zero attached hydrogens (tertiary/aromatic N) is 2. The zero-order valence-corrected chi connectivity index (χ0v) is 13.3. The zero-order valence-electron chi connectivity index (χ0n) is 12.6. The van der Waals surface area contributed by atoms with Gasteiger partial charge in [-0.15, -0.1) is 0 Å². The van der Waals surface area contributed by atoms with E-state index in [1.807, 2.05) is 20.8 Å². The van der Waals surface area contributed by atoms with Crippen LogP contribution in [0.3, 0.4) is 0 Å². The van der Waals surface area contributed by atoms with E-state index in [0.717, 1.165) is 17.0 Å². The first-order valence-corrected chi connectivity index (χ1v) is 7.07. The number of aromatic nitrogens is 2. The van der Waals surface area contributed by atoms with E-state index in [1.165, 1.54) is 0 Å². The van der Waals surface area contributed by atoms with Crippen LogP contribution in [0.15, 0.2) is 18.2 Å². The molecule has 112 valence electrons. The summed E-state index contributed by atoms with van der Waals surface area (Å²) in [6.45, 7) is 7.69. The maximum absolute atomic E-state index is 12.4. The number of benzene rings is 1. The molecule has 6 heteroatoms. The summed E-state index contributed by atoms with van der Waals surface area (Å²) in [5.74, 6) is -0.172. The summed E-state index contributed by atoms with van der Waals surface area (Å²) >= 11 is 5.85. The van der Waals surface area contributed by atoms with Gasteiger partial charge in [0.05, 0.1) is 17.1 Å². The molecule has 1 aromatic carbocycles. The Hall–Kier alpha value is -2.01. The molecule has 0 radical (unpaired) electrons. The van der Waals surface area contributed by atoms with Crippen LogP contribution < -0.4 is 11.1 Å². The second kappa shape index (κ2) is 5.77. The van der Waals surface area contributed by atoms with Gasteiger partial charge in [-0.1, -0.05) is 11.6 Å². The monoisotopic (exact) mass is 306 g/mol. The third-order valence-electron chi connectivity index (χ3n) is 3.70. The van der Waals surface area contributed by atoms with Crippen molar-refractivity contribution in [3.63, 3.8) is 0 Å². The van der Waals surface area contributed by atoms with Gasteiger partial charge >= 0.3 is 0 Å². The van der Waals surface area contributed by atoms with Crippen molar-refractivity contribution in [3.05, 3.63) is 40.2 Å². The first kappa shape index (κ1) is 15.4. The molecule has 0 aliphatic carbocycles. The fourth-order valence-electron chi connectivity index (χ4n) is 2.12. The molecule has 5 nitrogen and oxygen atoms in total. The standard InChI is InChI=1S/C15H19ClN4O/c1-8-9(2)19-20(10(8)3)11(4)15(21)18-14-6-5-12(16)7-13(14)17/h5-7,11H,17H2,1-4H3,(H,18,21). The minimum atomic E-state index is -0.424. The molecule has 0 bridgehead atoms. The van der Waals surface area contributed by atoms with Crippen LogP contribution in [0.5, 0.6) is 0 Å². The first-order chi connectivity index (χ1) is 9.81. The normalized spacial score (nSPS) is 12.2. The van der Waals surface area contributed by atoms with Gasteiger partial charge in [0.25, 0.3) is 0 Å². The lowest BCUT2D eigenvalue weighted by molar-refractivity contribution is -0.119. The van der Waals surface area contributed by atoms with E-state index in [4.69, 9.17) is 17.3 Å². The summed E-state index contributed by atoms with van der Waals surface area (Å²) < 4.78 is 1.73. The number of hydrogen-bond acceptors (Lipinski definition) is 3. The van der Waals surface area contributed by atoms with Crippen molar-refractivity contribution >= 4 is 28.9 Å². The number of halogens is 1. The Morgan fingerprint density at radius 1 is 1.38 bits per heavy atom. The molecule has 0 fully saturated rings. The van der Waals surface area contributed by atoms with Gasteiger partial charge in [-0.05, 0) is 51.5 Å². The molecule has 1 unspecified atom stereocenters. The van der Waals surface area contributed by atoms with Crippen molar-refractivity contribution < 1.29 is 4.79 Å². The molecule has 2 aromatic rings. The topological polar surface area (TPSA) is 72.9 Å². The largest absolute Gasteiger partial charge is 0.397 e. The number of anilines is 2. The maximum Gasteiger partial charge on any atom is 0.249 e.